The van der Waals surface area contributed by atoms with E-state index >= 15 is 0 Å². The van der Waals surface area contributed by atoms with Gasteiger partial charge in [-0.2, -0.15) is 0 Å². The van der Waals surface area contributed by atoms with E-state index in [0.29, 0.717) is 16.1 Å². The summed E-state index contributed by atoms with van der Waals surface area (Å²) in [5, 5.41) is 4.65. The summed E-state index contributed by atoms with van der Waals surface area (Å²) in [5.41, 5.74) is 2.41. The molecule has 0 aliphatic heterocycles. The minimum absolute atomic E-state index is 0.306. The molecule has 0 radical (unpaired) electrons. The van der Waals surface area contributed by atoms with Gasteiger partial charge in [-0.15, -0.1) is 0 Å². The summed E-state index contributed by atoms with van der Waals surface area (Å²) >= 11 is 11.9. The molecule has 0 heterocycles. The molecule has 3 heteroatoms. The Hall–Kier alpha value is -1.02. The van der Waals surface area contributed by atoms with E-state index in [0.717, 1.165) is 12.1 Å². The van der Waals surface area contributed by atoms with Crippen molar-refractivity contribution in [2.24, 2.45) is 0 Å². The van der Waals surface area contributed by atoms with Gasteiger partial charge >= 0.3 is 0 Å². The van der Waals surface area contributed by atoms with Crippen molar-refractivity contribution in [1.29, 1.82) is 0 Å². The zero-order valence-electron chi connectivity index (χ0n) is 10.2. The van der Waals surface area contributed by atoms with Crippen molar-refractivity contribution in [3.63, 3.8) is 0 Å². The van der Waals surface area contributed by atoms with Crippen LogP contribution in [0.4, 0.5) is 0 Å². The van der Waals surface area contributed by atoms with Crippen molar-refractivity contribution in [2.75, 3.05) is 0 Å². The largest absolute Gasteiger partial charge is 0.306 e. The van der Waals surface area contributed by atoms with Gasteiger partial charge in [0.25, 0.3) is 0 Å². The number of hydrogen-bond acceptors (Lipinski definition) is 1. The second-order valence-electron chi connectivity index (χ2n) is 4.26. The predicted molar refractivity (Wildman–Crippen MR) is 78.2 cm³/mol. The second-order valence-corrected chi connectivity index (χ2v) is 5.08. The maximum Gasteiger partial charge on any atom is 0.0595 e. The van der Waals surface area contributed by atoms with Gasteiger partial charge in [0.05, 0.1) is 10.0 Å². The van der Waals surface area contributed by atoms with Crippen LogP contribution < -0.4 is 5.32 Å². The van der Waals surface area contributed by atoms with Gasteiger partial charge in [-0.1, -0.05) is 59.6 Å². The van der Waals surface area contributed by atoms with Gasteiger partial charge < -0.3 is 5.32 Å². The maximum absolute atomic E-state index is 5.99. The molecular formula is C15H15Cl2N. The summed E-state index contributed by atoms with van der Waals surface area (Å²) in [7, 11) is 0. The molecule has 1 atom stereocenters. The molecule has 1 N–H and O–H groups in total. The van der Waals surface area contributed by atoms with E-state index in [1.54, 1.807) is 0 Å². The smallest absolute Gasteiger partial charge is 0.0595 e. The van der Waals surface area contributed by atoms with Crippen molar-refractivity contribution in [2.45, 2.75) is 19.5 Å². The van der Waals surface area contributed by atoms with E-state index in [1.165, 1.54) is 5.56 Å². The van der Waals surface area contributed by atoms with Crippen molar-refractivity contribution in [3.8, 4) is 0 Å². The molecule has 1 unspecified atom stereocenters. The summed E-state index contributed by atoms with van der Waals surface area (Å²) < 4.78 is 0. The molecule has 2 aromatic rings. The van der Waals surface area contributed by atoms with Crippen LogP contribution in [-0.4, -0.2) is 0 Å². The number of rotatable bonds is 4. The fourth-order valence-electron chi connectivity index (χ4n) is 1.78. The zero-order chi connectivity index (χ0) is 13.0. The molecule has 0 amide bonds. The van der Waals surface area contributed by atoms with Crippen LogP contribution in [0, 0.1) is 0 Å². The van der Waals surface area contributed by atoms with Crippen LogP contribution in [0.3, 0.4) is 0 Å². The first kappa shape index (κ1) is 13.4. The molecule has 18 heavy (non-hydrogen) atoms. The molecular weight excluding hydrogens is 265 g/mol. The Morgan fingerprint density at radius 2 is 1.72 bits per heavy atom. The molecule has 0 saturated carbocycles. The van der Waals surface area contributed by atoms with Crippen LogP contribution in [0.25, 0.3) is 0 Å². The van der Waals surface area contributed by atoms with Crippen LogP contribution in [-0.2, 0) is 6.54 Å². The van der Waals surface area contributed by atoms with Crippen LogP contribution in [0.15, 0.2) is 48.5 Å². The molecule has 2 rings (SSSR count). The molecule has 2 aromatic carbocycles. The Bertz CT molecular complexity index is 511. The Kier molecular flexibility index (Phi) is 4.65. The van der Waals surface area contributed by atoms with E-state index in [4.69, 9.17) is 23.2 Å². The van der Waals surface area contributed by atoms with Crippen molar-refractivity contribution < 1.29 is 0 Å². The first-order valence-electron chi connectivity index (χ1n) is 5.89. The van der Waals surface area contributed by atoms with Crippen molar-refractivity contribution in [3.05, 3.63) is 69.7 Å². The molecule has 0 aromatic heterocycles. The monoisotopic (exact) mass is 279 g/mol. The van der Waals surface area contributed by atoms with Crippen molar-refractivity contribution in [1.82, 2.24) is 5.32 Å². The third-order valence-electron chi connectivity index (χ3n) is 2.90. The molecule has 0 aliphatic carbocycles. The number of benzene rings is 2. The number of hydrogen-bond donors (Lipinski definition) is 1. The minimum Gasteiger partial charge on any atom is -0.306 e. The van der Waals surface area contributed by atoms with E-state index in [2.05, 4.69) is 24.4 Å². The molecule has 1 nitrogen and oxygen atoms in total. The Balaban J connectivity index is 1.97. The first-order chi connectivity index (χ1) is 8.66. The van der Waals surface area contributed by atoms with Gasteiger partial charge in [0.1, 0.15) is 0 Å². The van der Waals surface area contributed by atoms with Gasteiger partial charge in [0.15, 0.2) is 0 Å². The Morgan fingerprint density at radius 1 is 1.00 bits per heavy atom. The van der Waals surface area contributed by atoms with Crippen LogP contribution in [0.5, 0.6) is 0 Å². The van der Waals surface area contributed by atoms with Gasteiger partial charge in [0.2, 0.25) is 0 Å². The highest BCUT2D eigenvalue weighted by molar-refractivity contribution is 6.42. The third kappa shape index (κ3) is 3.49. The van der Waals surface area contributed by atoms with Gasteiger partial charge in [-0.25, -0.2) is 0 Å². The molecule has 94 valence electrons. The molecule has 0 saturated heterocycles. The topological polar surface area (TPSA) is 12.0 Å². The lowest BCUT2D eigenvalue weighted by molar-refractivity contribution is 0.575. The summed E-state index contributed by atoms with van der Waals surface area (Å²) in [4.78, 5) is 0. The van der Waals surface area contributed by atoms with E-state index in [9.17, 15) is 0 Å². The third-order valence-corrected chi connectivity index (χ3v) is 3.63. The normalized spacial score (nSPS) is 12.4. The fraction of sp³-hybridized carbons (Fsp3) is 0.200. The number of nitrogens with one attached hydrogen (secondary N) is 1. The molecule has 0 fully saturated rings. The average Bonchev–Trinajstić information content (AvgIpc) is 2.41. The first-order valence-corrected chi connectivity index (χ1v) is 6.64. The summed E-state index contributed by atoms with van der Waals surface area (Å²) in [6, 6.07) is 16.4. The average molecular weight is 280 g/mol. The van der Waals surface area contributed by atoms with Crippen LogP contribution in [0.2, 0.25) is 10.0 Å². The zero-order valence-corrected chi connectivity index (χ0v) is 11.7. The Morgan fingerprint density at radius 3 is 2.39 bits per heavy atom. The highest BCUT2D eigenvalue weighted by Gasteiger charge is 2.05. The van der Waals surface area contributed by atoms with E-state index < -0.39 is 0 Å². The SMILES string of the molecule is CC(NCc1ccc(Cl)c(Cl)c1)c1ccccc1. The Labute approximate surface area is 118 Å². The van der Waals surface area contributed by atoms with Crippen LogP contribution in [0.1, 0.15) is 24.1 Å². The lowest BCUT2D eigenvalue weighted by Crippen LogP contribution is -2.17. The van der Waals surface area contributed by atoms with Crippen LogP contribution >= 0.6 is 23.2 Å². The van der Waals surface area contributed by atoms with Crippen molar-refractivity contribution >= 4 is 23.2 Å². The highest BCUT2D eigenvalue weighted by Crippen LogP contribution is 2.23. The summed E-state index contributed by atoms with van der Waals surface area (Å²) in [6.07, 6.45) is 0. The standard InChI is InChI=1S/C15H15Cl2N/c1-11(13-5-3-2-4-6-13)18-10-12-7-8-14(16)15(17)9-12/h2-9,11,18H,10H2,1H3. The lowest BCUT2D eigenvalue weighted by Gasteiger charge is -2.14. The lowest BCUT2D eigenvalue weighted by atomic mass is 10.1. The second kappa shape index (κ2) is 6.24. The molecule has 0 spiro atoms. The number of halogens is 2. The quantitative estimate of drug-likeness (QED) is 0.844. The summed E-state index contributed by atoms with van der Waals surface area (Å²) in [6.45, 7) is 2.92. The minimum atomic E-state index is 0.306. The van der Waals surface area contributed by atoms with E-state index in [1.807, 2.05) is 36.4 Å². The molecule has 0 aliphatic rings. The molecule has 0 bridgehead atoms. The van der Waals surface area contributed by atoms with Gasteiger partial charge in [-0.05, 0) is 30.2 Å². The van der Waals surface area contributed by atoms with E-state index in [-0.39, 0.29) is 0 Å². The fourth-order valence-corrected chi connectivity index (χ4v) is 2.10. The predicted octanol–water partition coefficient (Wildman–Crippen LogP) is 4.84. The summed E-state index contributed by atoms with van der Waals surface area (Å²) in [5.74, 6) is 0. The van der Waals surface area contributed by atoms with Gasteiger partial charge in [0, 0.05) is 12.6 Å². The van der Waals surface area contributed by atoms with Gasteiger partial charge in [-0.3, -0.25) is 0 Å². The maximum atomic E-state index is 5.99. The highest BCUT2D eigenvalue weighted by atomic mass is 35.5.